The molecule has 1 aromatic rings. The summed E-state index contributed by atoms with van der Waals surface area (Å²) in [5, 5.41) is 4.04. The summed E-state index contributed by atoms with van der Waals surface area (Å²) in [5.74, 6) is 1.21. The molecular weight excluding hydrogens is 234 g/mol. The summed E-state index contributed by atoms with van der Waals surface area (Å²) in [6, 6.07) is 0.462. The molecule has 1 aliphatic rings. The number of anilines is 1. The lowest BCUT2D eigenvalue weighted by atomic mass is 10.0. The fourth-order valence-electron chi connectivity index (χ4n) is 2.12. The van der Waals surface area contributed by atoms with Crippen molar-refractivity contribution >= 4 is 17.4 Å². The first-order valence-electron chi connectivity index (χ1n) is 6.10. The van der Waals surface area contributed by atoms with E-state index in [-0.39, 0.29) is 0 Å². The van der Waals surface area contributed by atoms with Gasteiger partial charge in [-0.05, 0) is 25.2 Å². The van der Waals surface area contributed by atoms with Crippen molar-refractivity contribution in [1.29, 1.82) is 0 Å². The van der Waals surface area contributed by atoms with Crippen LogP contribution in [0, 0.1) is 0 Å². The normalized spacial score (nSPS) is 19.6. The Balaban J connectivity index is 2.20. The monoisotopic (exact) mass is 251 g/mol. The maximum atomic E-state index is 6.14. The van der Waals surface area contributed by atoms with E-state index in [1.165, 1.54) is 6.33 Å². The second-order valence-electron chi connectivity index (χ2n) is 4.71. The average molecular weight is 252 g/mol. The fourth-order valence-corrected chi connectivity index (χ4v) is 2.47. The summed E-state index contributed by atoms with van der Waals surface area (Å²) in [6.45, 7) is 4.22. The van der Waals surface area contributed by atoms with Gasteiger partial charge in [0.25, 0.3) is 0 Å². The van der Waals surface area contributed by atoms with Crippen LogP contribution in [0.4, 0.5) is 5.82 Å². The molecule has 0 aliphatic heterocycles. The Kier molecular flexibility index (Phi) is 4.00. The van der Waals surface area contributed by atoms with Crippen molar-refractivity contribution in [2.45, 2.75) is 45.1 Å². The largest absolute Gasteiger partial charge is 0.367 e. The highest BCUT2D eigenvalue weighted by Gasteiger charge is 2.17. The van der Waals surface area contributed by atoms with E-state index in [4.69, 9.17) is 11.6 Å². The van der Waals surface area contributed by atoms with Gasteiger partial charge >= 0.3 is 0 Å². The van der Waals surface area contributed by atoms with Gasteiger partial charge in [0.15, 0.2) is 0 Å². The smallest absolute Gasteiger partial charge is 0.138 e. The molecular formula is C13H18ClN3. The summed E-state index contributed by atoms with van der Waals surface area (Å²) in [4.78, 5) is 8.38. The molecule has 17 heavy (non-hydrogen) atoms. The van der Waals surface area contributed by atoms with Crippen LogP contribution in [0.25, 0.3) is 0 Å². The zero-order chi connectivity index (χ0) is 12.3. The number of hydrogen-bond donors (Lipinski definition) is 1. The first kappa shape index (κ1) is 12.4. The SMILES string of the molecule is CC(C)c1c(Cl)ncnc1NC1CC=CCC1. The van der Waals surface area contributed by atoms with Crippen LogP contribution in [-0.2, 0) is 0 Å². The quantitative estimate of drug-likeness (QED) is 0.656. The molecule has 1 heterocycles. The topological polar surface area (TPSA) is 37.8 Å². The Morgan fingerprint density at radius 3 is 2.82 bits per heavy atom. The molecule has 0 spiro atoms. The maximum Gasteiger partial charge on any atom is 0.138 e. The minimum absolute atomic E-state index is 0.324. The summed E-state index contributed by atoms with van der Waals surface area (Å²) in [5.41, 5.74) is 1.02. The van der Waals surface area contributed by atoms with E-state index in [0.717, 1.165) is 30.6 Å². The van der Waals surface area contributed by atoms with Crippen LogP contribution >= 0.6 is 11.6 Å². The minimum Gasteiger partial charge on any atom is -0.367 e. The molecule has 1 aliphatic carbocycles. The molecule has 0 fully saturated rings. The second-order valence-corrected chi connectivity index (χ2v) is 5.07. The third kappa shape index (κ3) is 2.97. The van der Waals surface area contributed by atoms with Crippen molar-refractivity contribution in [3.63, 3.8) is 0 Å². The van der Waals surface area contributed by atoms with Gasteiger partial charge in [0.05, 0.1) is 0 Å². The van der Waals surface area contributed by atoms with Gasteiger partial charge in [-0.25, -0.2) is 9.97 Å². The maximum absolute atomic E-state index is 6.14. The van der Waals surface area contributed by atoms with Crippen LogP contribution in [0.5, 0.6) is 0 Å². The van der Waals surface area contributed by atoms with E-state index in [0.29, 0.717) is 17.1 Å². The summed E-state index contributed by atoms with van der Waals surface area (Å²) < 4.78 is 0. The van der Waals surface area contributed by atoms with E-state index in [9.17, 15) is 0 Å². The van der Waals surface area contributed by atoms with Crippen molar-refractivity contribution in [1.82, 2.24) is 9.97 Å². The molecule has 2 rings (SSSR count). The third-order valence-electron chi connectivity index (χ3n) is 3.02. The molecule has 0 amide bonds. The van der Waals surface area contributed by atoms with E-state index in [1.807, 2.05) is 0 Å². The lowest BCUT2D eigenvalue weighted by Gasteiger charge is -2.22. The van der Waals surface area contributed by atoms with Crippen LogP contribution in [0.1, 0.15) is 44.6 Å². The highest BCUT2D eigenvalue weighted by atomic mass is 35.5. The van der Waals surface area contributed by atoms with Crippen molar-refractivity contribution in [3.05, 3.63) is 29.2 Å². The second kappa shape index (κ2) is 5.50. The zero-order valence-electron chi connectivity index (χ0n) is 10.3. The highest BCUT2D eigenvalue weighted by Crippen LogP contribution is 2.29. The predicted molar refractivity (Wildman–Crippen MR) is 71.5 cm³/mol. The van der Waals surface area contributed by atoms with Crippen molar-refractivity contribution in [2.24, 2.45) is 0 Å². The number of allylic oxidation sites excluding steroid dienone is 1. The van der Waals surface area contributed by atoms with Gasteiger partial charge < -0.3 is 5.32 Å². The number of rotatable bonds is 3. The minimum atomic E-state index is 0.324. The van der Waals surface area contributed by atoms with Gasteiger partial charge in [0.2, 0.25) is 0 Å². The summed E-state index contributed by atoms with van der Waals surface area (Å²) >= 11 is 6.14. The summed E-state index contributed by atoms with van der Waals surface area (Å²) in [7, 11) is 0. The van der Waals surface area contributed by atoms with Crippen LogP contribution < -0.4 is 5.32 Å². The van der Waals surface area contributed by atoms with Gasteiger partial charge in [-0.2, -0.15) is 0 Å². The zero-order valence-corrected chi connectivity index (χ0v) is 11.0. The Morgan fingerprint density at radius 1 is 1.35 bits per heavy atom. The standard InChI is InChI=1S/C13H18ClN3/c1-9(2)11-12(14)15-8-16-13(11)17-10-6-4-3-5-7-10/h3-4,8-10H,5-7H2,1-2H3,(H,15,16,17). The van der Waals surface area contributed by atoms with E-state index < -0.39 is 0 Å². The summed E-state index contributed by atoms with van der Waals surface area (Å²) in [6.07, 6.45) is 9.31. The van der Waals surface area contributed by atoms with Gasteiger partial charge in [-0.15, -0.1) is 0 Å². The number of halogens is 1. The van der Waals surface area contributed by atoms with Crippen molar-refractivity contribution in [2.75, 3.05) is 5.32 Å². The Labute approximate surface area is 107 Å². The Morgan fingerprint density at radius 2 is 2.18 bits per heavy atom. The number of nitrogens with one attached hydrogen (secondary N) is 1. The number of hydrogen-bond acceptors (Lipinski definition) is 3. The molecule has 92 valence electrons. The molecule has 0 saturated heterocycles. The molecule has 1 N–H and O–H groups in total. The molecule has 0 aromatic carbocycles. The Bertz CT molecular complexity index is 415. The molecule has 0 radical (unpaired) electrons. The lowest BCUT2D eigenvalue weighted by Crippen LogP contribution is -2.22. The first-order valence-corrected chi connectivity index (χ1v) is 6.48. The van der Waals surface area contributed by atoms with Crippen molar-refractivity contribution in [3.8, 4) is 0 Å². The van der Waals surface area contributed by atoms with E-state index in [1.54, 1.807) is 0 Å². The highest BCUT2D eigenvalue weighted by molar-refractivity contribution is 6.30. The van der Waals surface area contributed by atoms with Crippen LogP contribution in [0.2, 0.25) is 5.15 Å². The first-order chi connectivity index (χ1) is 8.18. The van der Waals surface area contributed by atoms with Gasteiger partial charge in [0, 0.05) is 11.6 Å². The Hall–Kier alpha value is -1.09. The van der Waals surface area contributed by atoms with Gasteiger partial charge in [-0.3, -0.25) is 0 Å². The molecule has 0 saturated carbocycles. The molecule has 4 heteroatoms. The molecule has 0 bridgehead atoms. The predicted octanol–water partition coefficient (Wildman–Crippen LogP) is 3.77. The average Bonchev–Trinajstić information content (AvgIpc) is 2.30. The molecule has 1 atom stereocenters. The number of nitrogens with zero attached hydrogens (tertiary/aromatic N) is 2. The van der Waals surface area contributed by atoms with Crippen LogP contribution in [0.15, 0.2) is 18.5 Å². The third-order valence-corrected chi connectivity index (χ3v) is 3.32. The lowest BCUT2D eigenvalue weighted by molar-refractivity contribution is 0.639. The number of aromatic nitrogens is 2. The van der Waals surface area contributed by atoms with Crippen molar-refractivity contribution < 1.29 is 0 Å². The van der Waals surface area contributed by atoms with E-state index in [2.05, 4.69) is 41.3 Å². The van der Waals surface area contributed by atoms with Crippen LogP contribution in [0.3, 0.4) is 0 Å². The van der Waals surface area contributed by atoms with Gasteiger partial charge in [-0.1, -0.05) is 37.6 Å². The molecule has 1 unspecified atom stereocenters. The molecule has 1 aromatic heterocycles. The van der Waals surface area contributed by atoms with Gasteiger partial charge in [0.1, 0.15) is 17.3 Å². The van der Waals surface area contributed by atoms with Crippen LogP contribution in [-0.4, -0.2) is 16.0 Å². The fraction of sp³-hybridized carbons (Fsp3) is 0.538. The molecule has 3 nitrogen and oxygen atoms in total. The van der Waals surface area contributed by atoms with E-state index >= 15 is 0 Å².